The summed E-state index contributed by atoms with van der Waals surface area (Å²) in [5.74, 6) is 4.15. The smallest absolute Gasteiger partial charge is 0.227 e. The number of carbonyl (C=O) groups is 1. The molecule has 10 heteroatoms. The van der Waals surface area contributed by atoms with Crippen LogP contribution in [0.1, 0.15) is 42.5 Å². The lowest BCUT2D eigenvalue weighted by atomic mass is 9.90. The van der Waals surface area contributed by atoms with E-state index in [9.17, 15) is 4.79 Å². The molecule has 3 aliphatic rings. The summed E-state index contributed by atoms with van der Waals surface area (Å²) in [7, 11) is 2.77. The molecule has 0 spiro atoms. The van der Waals surface area contributed by atoms with Gasteiger partial charge in [0.05, 0.1) is 42.7 Å². The number of ether oxygens (including phenoxy) is 1. The lowest BCUT2D eigenvalue weighted by Gasteiger charge is -2.32. The fourth-order valence-electron chi connectivity index (χ4n) is 6.07. The molecule has 1 saturated carbocycles. The van der Waals surface area contributed by atoms with Crippen LogP contribution in [0.4, 0.5) is 5.95 Å². The van der Waals surface area contributed by atoms with Crippen molar-refractivity contribution in [1.82, 2.24) is 24.8 Å². The molecule has 4 heterocycles. The SMILES string of the molecule is O=C(Cc1ccc(OCC[C@@H]2C[C@@H]2C2CCN(c3ncc(Cl)cn3)CC2)cc1P)N1CCc2cncnc2C1. The van der Waals surface area contributed by atoms with Gasteiger partial charge in [0.2, 0.25) is 11.9 Å². The fraction of sp³-hybridized carbons (Fsp3) is 0.483. The lowest BCUT2D eigenvalue weighted by Crippen LogP contribution is -2.37. The van der Waals surface area contributed by atoms with Gasteiger partial charge in [-0.3, -0.25) is 4.79 Å². The zero-order valence-corrected chi connectivity index (χ0v) is 23.9. The highest BCUT2D eigenvalue weighted by molar-refractivity contribution is 7.27. The molecule has 1 aromatic carbocycles. The summed E-state index contributed by atoms with van der Waals surface area (Å²) in [5, 5.41) is 1.59. The molecule has 0 bridgehead atoms. The van der Waals surface area contributed by atoms with Crippen molar-refractivity contribution < 1.29 is 9.53 Å². The molecule has 204 valence electrons. The van der Waals surface area contributed by atoms with Crippen molar-refractivity contribution in [3.05, 3.63) is 65.0 Å². The van der Waals surface area contributed by atoms with Gasteiger partial charge in [0.1, 0.15) is 12.1 Å². The first-order valence-corrected chi connectivity index (χ1v) is 14.8. The zero-order valence-electron chi connectivity index (χ0n) is 22.0. The van der Waals surface area contributed by atoms with E-state index < -0.39 is 0 Å². The summed E-state index contributed by atoms with van der Waals surface area (Å²) >= 11 is 5.92. The normalized spacial score (nSPS) is 21.0. The van der Waals surface area contributed by atoms with Gasteiger partial charge in [-0.25, -0.2) is 19.9 Å². The topological polar surface area (TPSA) is 84.3 Å². The zero-order chi connectivity index (χ0) is 26.8. The monoisotopic (exact) mass is 564 g/mol. The minimum absolute atomic E-state index is 0.128. The molecule has 3 aromatic rings. The van der Waals surface area contributed by atoms with Crippen LogP contribution in [0.5, 0.6) is 5.75 Å². The van der Waals surface area contributed by atoms with Gasteiger partial charge >= 0.3 is 0 Å². The highest BCUT2D eigenvalue weighted by Crippen LogP contribution is 2.49. The van der Waals surface area contributed by atoms with E-state index in [0.717, 1.165) is 84.1 Å². The van der Waals surface area contributed by atoms with Crippen LogP contribution in [0, 0.1) is 17.8 Å². The Hall–Kier alpha value is -2.83. The highest BCUT2D eigenvalue weighted by Gasteiger charge is 2.43. The van der Waals surface area contributed by atoms with Gasteiger partial charge < -0.3 is 14.5 Å². The van der Waals surface area contributed by atoms with Gasteiger partial charge in [0.25, 0.3) is 0 Å². The third kappa shape index (κ3) is 6.33. The van der Waals surface area contributed by atoms with Crippen LogP contribution in [-0.4, -0.2) is 57.0 Å². The van der Waals surface area contributed by atoms with E-state index in [1.165, 1.54) is 19.3 Å². The molecule has 0 radical (unpaired) electrons. The van der Waals surface area contributed by atoms with Crippen molar-refractivity contribution >= 4 is 38.0 Å². The van der Waals surface area contributed by atoms with Crippen LogP contribution in [0.2, 0.25) is 5.02 Å². The van der Waals surface area contributed by atoms with Gasteiger partial charge in [0, 0.05) is 25.8 Å². The maximum Gasteiger partial charge on any atom is 0.227 e. The number of halogens is 1. The van der Waals surface area contributed by atoms with Crippen molar-refractivity contribution in [2.45, 2.75) is 45.1 Å². The average Bonchev–Trinajstić information content (AvgIpc) is 3.74. The van der Waals surface area contributed by atoms with Crippen LogP contribution in [0.3, 0.4) is 0 Å². The van der Waals surface area contributed by atoms with Crippen LogP contribution < -0.4 is 14.9 Å². The molecular formula is C29H34ClN6O2P. The molecule has 1 unspecified atom stereocenters. The minimum Gasteiger partial charge on any atom is -0.494 e. The number of rotatable bonds is 8. The number of aromatic nitrogens is 4. The van der Waals surface area contributed by atoms with Crippen molar-refractivity contribution in [3.8, 4) is 5.75 Å². The van der Waals surface area contributed by atoms with Crippen molar-refractivity contribution in [2.75, 3.05) is 31.1 Å². The van der Waals surface area contributed by atoms with Crippen LogP contribution in [0.25, 0.3) is 0 Å². The number of hydrogen-bond donors (Lipinski definition) is 0. The van der Waals surface area contributed by atoms with E-state index in [1.54, 1.807) is 18.7 Å². The Kier molecular flexibility index (Phi) is 7.94. The predicted octanol–water partition coefficient (Wildman–Crippen LogP) is 3.87. The summed E-state index contributed by atoms with van der Waals surface area (Å²) in [6.45, 7) is 4.03. The number of nitrogens with zero attached hydrogens (tertiary/aromatic N) is 6. The Morgan fingerprint density at radius 1 is 1.10 bits per heavy atom. The minimum atomic E-state index is 0.128. The maximum atomic E-state index is 13.0. The number of benzene rings is 1. The summed E-state index contributed by atoms with van der Waals surface area (Å²) in [5.41, 5.74) is 3.11. The molecule has 1 amide bonds. The number of piperidine rings is 1. The molecule has 6 rings (SSSR count). The summed E-state index contributed by atoms with van der Waals surface area (Å²) < 4.78 is 6.11. The van der Waals surface area contributed by atoms with Crippen LogP contribution in [0.15, 0.2) is 43.1 Å². The molecule has 3 atom stereocenters. The average molecular weight is 565 g/mol. The molecule has 1 aliphatic carbocycles. The number of amides is 1. The second-order valence-electron chi connectivity index (χ2n) is 10.9. The largest absolute Gasteiger partial charge is 0.494 e. The Morgan fingerprint density at radius 2 is 1.92 bits per heavy atom. The first-order valence-electron chi connectivity index (χ1n) is 13.8. The summed E-state index contributed by atoms with van der Waals surface area (Å²) in [4.78, 5) is 34.3. The van der Waals surface area contributed by atoms with Gasteiger partial charge in [-0.15, -0.1) is 9.24 Å². The van der Waals surface area contributed by atoms with Crippen molar-refractivity contribution in [1.29, 1.82) is 0 Å². The number of hydrogen-bond acceptors (Lipinski definition) is 7. The summed E-state index contributed by atoms with van der Waals surface area (Å²) in [6.07, 6.45) is 12.7. The van der Waals surface area contributed by atoms with Gasteiger partial charge in [-0.05, 0) is 78.4 Å². The second kappa shape index (κ2) is 11.7. The first-order chi connectivity index (χ1) is 19.0. The van der Waals surface area contributed by atoms with Gasteiger partial charge in [-0.2, -0.15) is 0 Å². The lowest BCUT2D eigenvalue weighted by molar-refractivity contribution is -0.131. The van der Waals surface area contributed by atoms with E-state index in [2.05, 4.69) is 34.1 Å². The third-order valence-electron chi connectivity index (χ3n) is 8.45. The third-order valence-corrected chi connectivity index (χ3v) is 9.19. The number of anilines is 1. The van der Waals surface area contributed by atoms with E-state index >= 15 is 0 Å². The first kappa shape index (κ1) is 26.4. The van der Waals surface area contributed by atoms with Gasteiger partial charge in [-0.1, -0.05) is 17.7 Å². The molecule has 2 aromatic heterocycles. The van der Waals surface area contributed by atoms with E-state index in [4.69, 9.17) is 16.3 Å². The molecule has 8 nitrogen and oxygen atoms in total. The fourth-order valence-corrected chi connectivity index (χ4v) is 6.53. The highest BCUT2D eigenvalue weighted by atomic mass is 35.5. The Balaban J connectivity index is 0.924. The van der Waals surface area contributed by atoms with Crippen LogP contribution in [-0.2, 0) is 24.2 Å². The maximum absolute atomic E-state index is 13.0. The predicted molar refractivity (Wildman–Crippen MR) is 154 cm³/mol. The second-order valence-corrected chi connectivity index (χ2v) is 12.0. The molecule has 2 fully saturated rings. The number of carbonyl (C=O) groups excluding carboxylic acids is 1. The molecule has 0 N–H and O–H groups in total. The van der Waals surface area contributed by atoms with Crippen molar-refractivity contribution in [2.24, 2.45) is 17.8 Å². The Morgan fingerprint density at radius 3 is 2.72 bits per heavy atom. The van der Waals surface area contributed by atoms with Crippen LogP contribution >= 0.6 is 20.8 Å². The van der Waals surface area contributed by atoms with Crippen molar-refractivity contribution in [3.63, 3.8) is 0 Å². The van der Waals surface area contributed by atoms with E-state index in [0.29, 0.717) is 24.5 Å². The molecule has 39 heavy (non-hydrogen) atoms. The summed E-state index contributed by atoms with van der Waals surface area (Å²) in [6, 6.07) is 6.05. The quantitative estimate of drug-likeness (QED) is 0.384. The standard InChI is InChI=1S/C29H34ClN6O2P/c30-23-15-32-29(33-16-23)35-7-3-19(4-8-35)25-11-20(25)6-10-38-24-2-1-21(27(39)13-24)12-28(37)36-9-5-22-14-31-18-34-26(22)17-36/h1-2,13-16,18-20,25H,3-12,17,39H2/t20-,25-/m1/s1. The van der Waals surface area contributed by atoms with Gasteiger partial charge in [0.15, 0.2) is 0 Å². The van der Waals surface area contributed by atoms with E-state index in [-0.39, 0.29) is 5.91 Å². The Bertz CT molecular complexity index is 1320. The molecule has 2 aliphatic heterocycles. The molecular weight excluding hydrogens is 531 g/mol. The molecule has 1 saturated heterocycles. The Labute approximate surface area is 236 Å². The number of fused-ring (bicyclic) bond motifs is 1. The van der Waals surface area contributed by atoms with E-state index in [1.807, 2.05) is 29.3 Å².